The lowest BCUT2D eigenvalue weighted by molar-refractivity contribution is -0.125. The molecule has 0 atom stereocenters. The molecule has 0 saturated heterocycles. The molecule has 1 aliphatic rings. The van der Waals surface area contributed by atoms with Crippen LogP contribution in [0, 0.1) is 11.8 Å². The van der Waals surface area contributed by atoms with Gasteiger partial charge in [0.25, 0.3) is 0 Å². The van der Waals surface area contributed by atoms with E-state index in [4.69, 9.17) is 0 Å². The summed E-state index contributed by atoms with van der Waals surface area (Å²) in [6, 6.07) is 0. The number of rotatable bonds is 2. The van der Waals surface area contributed by atoms with Gasteiger partial charge in [0.1, 0.15) is 0 Å². The van der Waals surface area contributed by atoms with E-state index < -0.39 is 0 Å². The van der Waals surface area contributed by atoms with Crippen molar-refractivity contribution in [2.45, 2.75) is 52.9 Å². The Morgan fingerprint density at radius 3 is 2.07 bits per heavy atom. The molecule has 1 rings (SSSR count). The zero-order valence-corrected chi connectivity index (χ0v) is 10.1. The molecule has 0 aliphatic heterocycles. The minimum atomic E-state index is 0.240. The second-order valence-corrected chi connectivity index (χ2v) is 3.74. The summed E-state index contributed by atoms with van der Waals surface area (Å²) in [5.74, 6) is 1.42. The molecule has 0 bridgehead atoms. The number of hydrogen-bond acceptors (Lipinski definition) is 1. The summed E-state index contributed by atoms with van der Waals surface area (Å²) in [5, 5.41) is 2.73. The van der Waals surface area contributed by atoms with Gasteiger partial charge in [-0.25, -0.2) is 0 Å². The maximum Gasteiger partial charge on any atom is 0.222 e. The Morgan fingerprint density at radius 1 is 1.21 bits per heavy atom. The summed E-state index contributed by atoms with van der Waals surface area (Å²) in [5.41, 5.74) is 0. The van der Waals surface area contributed by atoms with Crippen LogP contribution in [0.25, 0.3) is 0 Å². The smallest absolute Gasteiger partial charge is 0.222 e. The van der Waals surface area contributed by atoms with Crippen molar-refractivity contribution < 1.29 is 4.79 Å². The Kier molecular flexibility index (Phi) is 7.54. The maximum absolute atomic E-state index is 11.3. The van der Waals surface area contributed by atoms with Gasteiger partial charge in [-0.15, -0.1) is 0 Å². The van der Waals surface area contributed by atoms with Crippen LogP contribution in [0.5, 0.6) is 0 Å². The molecule has 0 aromatic heterocycles. The van der Waals surface area contributed by atoms with Crippen molar-refractivity contribution in [2.75, 3.05) is 7.05 Å². The van der Waals surface area contributed by atoms with E-state index in [0.29, 0.717) is 5.92 Å². The number of amides is 1. The third-order valence-electron chi connectivity index (χ3n) is 3.04. The van der Waals surface area contributed by atoms with E-state index in [1.54, 1.807) is 7.05 Å². The minimum Gasteiger partial charge on any atom is -0.359 e. The van der Waals surface area contributed by atoms with Crippen LogP contribution in [-0.4, -0.2) is 13.0 Å². The molecule has 1 N–H and O–H groups in total. The van der Waals surface area contributed by atoms with E-state index in [9.17, 15) is 4.79 Å². The van der Waals surface area contributed by atoms with Crippen LogP contribution in [0.3, 0.4) is 0 Å². The monoisotopic (exact) mass is 199 g/mol. The SMILES string of the molecule is CC.CCC1CCC(C(=O)NC)CC1. The molecule has 1 amide bonds. The van der Waals surface area contributed by atoms with Gasteiger partial charge in [0.2, 0.25) is 5.91 Å². The lowest BCUT2D eigenvalue weighted by atomic mass is 9.80. The highest BCUT2D eigenvalue weighted by Gasteiger charge is 2.24. The first kappa shape index (κ1) is 13.5. The van der Waals surface area contributed by atoms with Crippen molar-refractivity contribution in [1.29, 1.82) is 0 Å². The topological polar surface area (TPSA) is 29.1 Å². The van der Waals surface area contributed by atoms with Crippen molar-refractivity contribution in [1.82, 2.24) is 5.32 Å². The lowest BCUT2D eigenvalue weighted by Gasteiger charge is -2.26. The predicted molar refractivity (Wildman–Crippen MR) is 61.2 cm³/mol. The van der Waals surface area contributed by atoms with Crippen LogP contribution < -0.4 is 5.32 Å². The van der Waals surface area contributed by atoms with E-state index in [1.165, 1.54) is 19.3 Å². The molecule has 14 heavy (non-hydrogen) atoms. The number of nitrogens with one attached hydrogen (secondary N) is 1. The fraction of sp³-hybridized carbons (Fsp3) is 0.917. The zero-order chi connectivity index (χ0) is 11.0. The molecule has 2 nitrogen and oxygen atoms in total. The van der Waals surface area contributed by atoms with Gasteiger partial charge in [0.05, 0.1) is 0 Å². The Balaban J connectivity index is 0.000000791. The Bertz CT molecular complexity index is 148. The number of hydrogen-bond donors (Lipinski definition) is 1. The molecule has 0 heterocycles. The zero-order valence-electron chi connectivity index (χ0n) is 10.1. The Morgan fingerprint density at radius 2 is 1.71 bits per heavy atom. The molecule has 84 valence electrons. The minimum absolute atomic E-state index is 0.240. The van der Waals surface area contributed by atoms with Gasteiger partial charge in [0.15, 0.2) is 0 Å². The van der Waals surface area contributed by atoms with Gasteiger partial charge in [-0.1, -0.05) is 27.2 Å². The van der Waals surface area contributed by atoms with Gasteiger partial charge in [-0.3, -0.25) is 4.79 Å². The standard InChI is InChI=1S/C10H19NO.C2H6/c1-3-8-4-6-9(7-5-8)10(12)11-2;1-2/h8-9H,3-7H2,1-2H3,(H,11,12);1-2H3. The molecule has 0 spiro atoms. The van der Waals surface area contributed by atoms with Crippen molar-refractivity contribution >= 4 is 5.91 Å². The molecular formula is C12H25NO. The van der Waals surface area contributed by atoms with Gasteiger partial charge in [-0.2, -0.15) is 0 Å². The second-order valence-electron chi connectivity index (χ2n) is 3.74. The fourth-order valence-electron chi connectivity index (χ4n) is 2.04. The molecule has 1 aliphatic carbocycles. The van der Waals surface area contributed by atoms with Gasteiger partial charge in [0, 0.05) is 13.0 Å². The van der Waals surface area contributed by atoms with Gasteiger partial charge >= 0.3 is 0 Å². The van der Waals surface area contributed by atoms with Crippen molar-refractivity contribution in [2.24, 2.45) is 11.8 Å². The van der Waals surface area contributed by atoms with E-state index >= 15 is 0 Å². The number of carbonyl (C=O) groups excluding carboxylic acids is 1. The predicted octanol–water partition coefficient (Wildman–Crippen LogP) is 2.98. The molecule has 0 radical (unpaired) electrons. The Labute approximate surface area is 88.5 Å². The van der Waals surface area contributed by atoms with Crippen molar-refractivity contribution in [3.05, 3.63) is 0 Å². The summed E-state index contributed by atoms with van der Waals surface area (Å²) >= 11 is 0. The maximum atomic E-state index is 11.3. The van der Waals surface area contributed by atoms with Gasteiger partial charge in [-0.05, 0) is 31.6 Å². The van der Waals surface area contributed by atoms with Crippen LogP contribution in [0.15, 0.2) is 0 Å². The summed E-state index contributed by atoms with van der Waals surface area (Å²) in [4.78, 5) is 11.3. The highest BCUT2D eigenvalue weighted by molar-refractivity contribution is 5.78. The van der Waals surface area contributed by atoms with Crippen LogP contribution in [0.1, 0.15) is 52.9 Å². The average Bonchev–Trinajstić information content (AvgIpc) is 2.31. The van der Waals surface area contributed by atoms with Crippen LogP contribution >= 0.6 is 0 Å². The van der Waals surface area contributed by atoms with Crippen LogP contribution in [0.4, 0.5) is 0 Å². The van der Waals surface area contributed by atoms with E-state index in [-0.39, 0.29) is 5.91 Å². The fourth-order valence-corrected chi connectivity index (χ4v) is 2.04. The molecule has 0 aromatic carbocycles. The first-order valence-electron chi connectivity index (χ1n) is 5.99. The molecule has 0 aromatic rings. The summed E-state index contributed by atoms with van der Waals surface area (Å²) in [6.45, 7) is 6.24. The van der Waals surface area contributed by atoms with Crippen LogP contribution in [-0.2, 0) is 4.79 Å². The first-order chi connectivity index (χ1) is 6.77. The van der Waals surface area contributed by atoms with Gasteiger partial charge < -0.3 is 5.32 Å². The van der Waals surface area contributed by atoms with Crippen molar-refractivity contribution in [3.8, 4) is 0 Å². The second kappa shape index (κ2) is 7.84. The Hall–Kier alpha value is -0.530. The third-order valence-corrected chi connectivity index (χ3v) is 3.04. The van der Waals surface area contributed by atoms with E-state index in [2.05, 4.69) is 12.2 Å². The summed E-state index contributed by atoms with van der Waals surface area (Å²) < 4.78 is 0. The molecule has 2 heteroatoms. The van der Waals surface area contributed by atoms with E-state index in [1.807, 2.05) is 13.8 Å². The summed E-state index contributed by atoms with van der Waals surface area (Å²) in [6.07, 6.45) is 5.96. The molecular weight excluding hydrogens is 174 g/mol. The molecule has 1 saturated carbocycles. The summed E-state index contributed by atoms with van der Waals surface area (Å²) in [7, 11) is 1.73. The normalized spacial score (nSPS) is 26.0. The molecule has 1 fully saturated rings. The van der Waals surface area contributed by atoms with Crippen LogP contribution in [0.2, 0.25) is 0 Å². The van der Waals surface area contributed by atoms with Crippen molar-refractivity contribution in [3.63, 3.8) is 0 Å². The average molecular weight is 199 g/mol. The number of carbonyl (C=O) groups is 1. The lowest BCUT2D eigenvalue weighted by Crippen LogP contribution is -2.30. The molecule has 0 unspecified atom stereocenters. The highest BCUT2D eigenvalue weighted by atomic mass is 16.1. The third kappa shape index (κ3) is 4.12. The van der Waals surface area contributed by atoms with E-state index in [0.717, 1.165) is 18.8 Å². The largest absolute Gasteiger partial charge is 0.359 e. The highest BCUT2D eigenvalue weighted by Crippen LogP contribution is 2.30. The first-order valence-corrected chi connectivity index (χ1v) is 5.99. The quantitative estimate of drug-likeness (QED) is 0.728.